The summed E-state index contributed by atoms with van der Waals surface area (Å²) in [7, 11) is 3.48. The Bertz CT molecular complexity index is 615. The second-order valence-electron chi connectivity index (χ2n) is 7.23. The van der Waals surface area contributed by atoms with E-state index in [1.165, 1.54) is 0 Å². The third-order valence-corrected chi connectivity index (χ3v) is 5.46. The van der Waals surface area contributed by atoms with Crippen molar-refractivity contribution in [1.29, 1.82) is 0 Å². The fraction of sp³-hybridized carbons (Fsp3) is 0.600. The number of amides is 2. The van der Waals surface area contributed by atoms with Crippen molar-refractivity contribution >= 4 is 23.6 Å². The maximum atomic E-state index is 12.3. The van der Waals surface area contributed by atoms with Crippen molar-refractivity contribution in [2.24, 2.45) is 11.8 Å². The number of ether oxygens (including phenoxy) is 1. The summed E-state index contributed by atoms with van der Waals surface area (Å²) in [5, 5.41) is 9.55. The molecule has 0 aromatic heterocycles. The predicted molar refractivity (Wildman–Crippen MR) is 105 cm³/mol. The van der Waals surface area contributed by atoms with Gasteiger partial charge in [-0.05, 0) is 62.3 Å². The Morgan fingerprint density at radius 3 is 2.30 bits per heavy atom. The Hall–Kier alpha value is -1.79. The second-order valence-corrected chi connectivity index (χ2v) is 7.67. The molecule has 1 aliphatic carbocycles. The van der Waals surface area contributed by atoms with E-state index in [1.54, 1.807) is 48.2 Å². The van der Waals surface area contributed by atoms with Crippen LogP contribution in [0.2, 0.25) is 5.02 Å². The molecule has 0 aliphatic heterocycles. The Morgan fingerprint density at radius 1 is 1.07 bits per heavy atom. The minimum Gasteiger partial charge on any atom is -0.410 e. The summed E-state index contributed by atoms with van der Waals surface area (Å²) in [5.41, 5.74) is 0. The number of rotatable bonds is 7. The molecule has 6 nitrogen and oxygen atoms in total. The summed E-state index contributed by atoms with van der Waals surface area (Å²) >= 11 is 5.82. The number of benzene rings is 1. The lowest BCUT2D eigenvalue weighted by Gasteiger charge is -2.31. The molecule has 0 heterocycles. The van der Waals surface area contributed by atoms with Crippen LogP contribution in [-0.4, -0.2) is 60.7 Å². The van der Waals surface area contributed by atoms with Gasteiger partial charge >= 0.3 is 6.09 Å². The van der Waals surface area contributed by atoms with Crippen molar-refractivity contribution in [1.82, 2.24) is 9.80 Å². The van der Waals surface area contributed by atoms with Gasteiger partial charge in [-0.15, -0.1) is 0 Å². The van der Waals surface area contributed by atoms with Crippen molar-refractivity contribution in [3.8, 4) is 5.75 Å². The second kappa shape index (κ2) is 10.5. The molecule has 0 unspecified atom stereocenters. The molecule has 0 radical (unpaired) electrons. The molecule has 0 atom stereocenters. The molecule has 150 valence electrons. The van der Waals surface area contributed by atoms with Gasteiger partial charge in [-0.3, -0.25) is 4.79 Å². The van der Waals surface area contributed by atoms with E-state index >= 15 is 0 Å². The molecule has 27 heavy (non-hydrogen) atoms. The molecular weight excluding hydrogens is 368 g/mol. The summed E-state index contributed by atoms with van der Waals surface area (Å²) in [6.07, 6.45) is 4.25. The zero-order valence-corrected chi connectivity index (χ0v) is 16.8. The summed E-state index contributed by atoms with van der Waals surface area (Å²) < 4.78 is 5.33. The third kappa shape index (κ3) is 6.70. The number of aliphatic hydroxyl groups is 1. The number of carbonyl (C=O) groups excluding carboxylic acids is 2. The Labute approximate surface area is 166 Å². The molecule has 2 rings (SSSR count). The van der Waals surface area contributed by atoms with E-state index < -0.39 is 0 Å². The van der Waals surface area contributed by atoms with Gasteiger partial charge in [-0.1, -0.05) is 11.6 Å². The standard InChI is InChI=1S/C20H29ClN2O4/c1-22(13-14-24)19(25)16-5-3-15(4-6-16)11-12-23(2)20(26)27-18-9-7-17(21)8-10-18/h7-10,15-16,24H,3-6,11-14H2,1-2H3. The van der Waals surface area contributed by atoms with Crippen LogP contribution in [0, 0.1) is 11.8 Å². The van der Waals surface area contributed by atoms with Gasteiger partial charge in [-0.2, -0.15) is 0 Å². The van der Waals surface area contributed by atoms with Crippen LogP contribution in [0.1, 0.15) is 32.1 Å². The van der Waals surface area contributed by atoms with Crippen LogP contribution in [0.5, 0.6) is 5.75 Å². The maximum Gasteiger partial charge on any atom is 0.414 e. The monoisotopic (exact) mass is 396 g/mol. The van der Waals surface area contributed by atoms with Crippen LogP contribution in [0.25, 0.3) is 0 Å². The van der Waals surface area contributed by atoms with Crippen LogP contribution in [0.4, 0.5) is 4.79 Å². The average molecular weight is 397 g/mol. The molecule has 1 aromatic rings. The summed E-state index contributed by atoms with van der Waals surface area (Å²) in [6, 6.07) is 6.70. The summed E-state index contributed by atoms with van der Waals surface area (Å²) in [5.74, 6) is 1.18. The number of halogens is 1. The van der Waals surface area contributed by atoms with Gasteiger partial charge in [0.25, 0.3) is 0 Å². The molecular formula is C20H29ClN2O4. The Kier molecular flexibility index (Phi) is 8.38. The first kappa shape index (κ1) is 21.5. The Morgan fingerprint density at radius 2 is 1.70 bits per heavy atom. The van der Waals surface area contributed by atoms with E-state index in [0.717, 1.165) is 32.1 Å². The highest BCUT2D eigenvalue weighted by atomic mass is 35.5. The quantitative estimate of drug-likeness (QED) is 0.766. The Balaban J connectivity index is 1.70. The number of carbonyl (C=O) groups is 2. The fourth-order valence-electron chi connectivity index (χ4n) is 3.42. The highest BCUT2D eigenvalue weighted by molar-refractivity contribution is 6.30. The maximum absolute atomic E-state index is 12.3. The smallest absolute Gasteiger partial charge is 0.410 e. The largest absolute Gasteiger partial charge is 0.414 e. The van der Waals surface area contributed by atoms with E-state index in [-0.39, 0.29) is 24.5 Å². The van der Waals surface area contributed by atoms with Gasteiger partial charge in [0.2, 0.25) is 5.91 Å². The van der Waals surface area contributed by atoms with Gasteiger partial charge in [0, 0.05) is 38.1 Å². The van der Waals surface area contributed by atoms with Crippen LogP contribution >= 0.6 is 11.6 Å². The summed E-state index contributed by atoms with van der Waals surface area (Å²) in [4.78, 5) is 27.6. The van der Waals surface area contributed by atoms with Crippen molar-refractivity contribution in [2.45, 2.75) is 32.1 Å². The van der Waals surface area contributed by atoms with Gasteiger partial charge in [-0.25, -0.2) is 4.79 Å². The number of likely N-dealkylation sites (N-methyl/N-ethyl adjacent to an activating group) is 1. The first-order valence-electron chi connectivity index (χ1n) is 9.45. The highest BCUT2D eigenvalue weighted by Gasteiger charge is 2.28. The third-order valence-electron chi connectivity index (χ3n) is 5.21. The molecule has 0 bridgehead atoms. The van der Waals surface area contributed by atoms with E-state index in [9.17, 15) is 9.59 Å². The molecule has 1 fully saturated rings. The van der Waals surface area contributed by atoms with E-state index in [0.29, 0.717) is 29.8 Å². The number of hydrogen-bond donors (Lipinski definition) is 1. The van der Waals surface area contributed by atoms with Crippen molar-refractivity contribution in [3.05, 3.63) is 29.3 Å². The lowest BCUT2D eigenvalue weighted by molar-refractivity contribution is -0.136. The topological polar surface area (TPSA) is 70.1 Å². The van der Waals surface area contributed by atoms with Crippen LogP contribution < -0.4 is 4.74 Å². The normalized spacial score (nSPS) is 19.4. The van der Waals surface area contributed by atoms with Gasteiger partial charge in [0.05, 0.1) is 6.61 Å². The van der Waals surface area contributed by atoms with Crippen molar-refractivity contribution in [3.63, 3.8) is 0 Å². The molecule has 0 spiro atoms. The molecule has 2 amide bonds. The zero-order valence-electron chi connectivity index (χ0n) is 16.1. The lowest BCUT2D eigenvalue weighted by atomic mass is 9.80. The molecule has 1 aliphatic rings. The molecule has 1 aromatic carbocycles. The minimum absolute atomic E-state index is 0.00393. The molecule has 7 heteroatoms. The molecule has 1 N–H and O–H groups in total. The highest BCUT2D eigenvalue weighted by Crippen LogP contribution is 2.32. The molecule has 1 saturated carbocycles. The van der Waals surface area contributed by atoms with Gasteiger partial charge in [0.15, 0.2) is 0 Å². The predicted octanol–water partition coefficient (Wildman–Crippen LogP) is 3.42. The van der Waals surface area contributed by atoms with E-state index in [4.69, 9.17) is 21.4 Å². The van der Waals surface area contributed by atoms with Gasteiger partial charge < -0.3 is 19.6 Å². The zero-order chi connectivity index (χ0) is 19.8. The molecule has 0 saturated heterocycles. The fourth-order valence-corrected chi connectivity index (χ4v) is 3.54. The number of hydrogen-bond acceptors (Lipinski definition) is 4. The van der Waals surface area contributed by atoms with E-state index in [1.807, 2.05) is 0 Å². The van der Waals surface area contributed by atoms with Crippen molar-refractivity contribution in [2.75, 3.05) is 33.8 Å². The van der Waals surface area contributed by atoms with Crippen LogP contribution in [0.15, 0.2) is 24.3 Å². The minimum atomic E-state index is -0.383. The number of nitrogens with zero attached hydrogens (tertiary/aromatic N) is 2. The first-order chi connectivity index (χ1) is 12.9. The van der Waals surface area contributed by atoms with Crippen molar-refractivity contribution < 1.29 is 19.4 Å². The van der Waals surface area contributed by atoms with Crippen LogP contribution in [0.3, 0.4) is 0 Å². The van der Waals surface area contributed by atoms with Gasteiger partial charge in [0.1, 0.15) is 5.75 Å². The summed E-state index contributed by atoms with van der Waals surface area (Å²) in [6.45, 7) is 1.01. The van der Waals surface area contributed by atoms with E-state index in [2.05, 4.69) is 0 Å². The number of aliphatic hydroxyl groups excluding tert-OH is 1. The van der Waals surface area contributed by atoms with Crippen LogP contribution in [-0.2, 0) is 4.79 Å². The lowest BCUT2D eigenvalue weighted by Crippen LogP contribution is -2.37. The SMILES string of the molecule is CN(CCC1CCC(C(=O)N(C)CCO)CC1)C(=O)Oc1ccc(Cl)cc1. The first-order valence-corrected chi connectivity index (χ1v) is 9.83. The average Bonchev–Trinajstić information content (AvgIpc) is 2.67.